The van der Waals surface area contributed by atoms with Gasteiger partial charge in [0.2, 0.25) is 5.91 Å². The monoisotopic (exact) mass is 336 g/mol. The maximum absolute atomic E-state index is 11.7. The Bertz CT molecular complexity index is 658. The number of rotatable bonds is 6. The van der Waals surface area contributed by atoms with E-state index in [1.165, 1.54) is 30.5 Å². The van der Waals surface area contributed by atoms with Crippen molar-refractivity contribution in [3.8, 4) is 0 Å². The fourth-order valence-corrected chi connectivity index (χ4v) is 3.55. The zero-order valence-corrected chi connectivity index (χ0v) is 15.1. The zero-order chi connectivity index (χ0) is 17.5. The highest BCUT2D eigenvalue weighted by Gasteiger charge is 2.19. The van der Waals surface area contributed by atoms with Gasteiger partial charge in [-0.05, 0) is 61.4 Å². The van der Waals surface area contributed by atoms with E-state index in [0.29, 0.717) is 6.42 Å². The summed E-state index contributed by atoms with van der Waals surface area (Å²) in [6.07, 6.45) is 5.13. The fraction of sp³-hybridized carbons (Fsp3) is 0.409. The molecule has 1 saturated heterocycles. The average Bonchev–Trinajstić information content (AvgIpc) is 2.64. The van der Waals surface area contributed by atoms with Crippen molar-refractivity contribution in [2.24, 2.45) is 5.92 Å². The van der Waals surface area contributed by atoms with Crippen molar-refractivity contribution in [3.63, 3.8) is 0 Å². The van der Waals surface area contributed by atoms with Gasteiger partial charge in [0, 0.05) is 30.9 Å². The number of nitrogens with one attached hydrogen (secondary N) is 1. The first-order valence-corrected chi connectivity index (χ1v) is 9.43. The lowest BCUT2D eigenvalue weighted by molar-refractivity contribution is -0.116. The maximum Gasteiger partial charge on any atom is 0.224 e. The molecule has 132 valence electrons. The summed E-state index contributed by atoms with van der Waals surface area (Å²) >= 11 is 0. The van der Waals surface area contributed by atoms with Crippen molar-refractivity contribution in [2.75, 3.05) is 23.3 Å². The minimum atomic E-state index is 0.0944. The Kier molecular flexibility index (Phi) is 6.10. The first-order valence-electron chi connectivity index (χ1n) is 9.43. The second-order valence-electron chi connectivity index (χ2n) is 6.97. The summed E-state index contributed by atoms with van der Waals surface area (Å²) in [7, 11) is 0. The van der Waals surface area contributed by atoms with E-state index < -0.39 is 0 Å². The van der Waals surface area contributed by atoms with E-state index in [9.17, 15) is 4.79 Å². The molecule has 1 aliphatic heterocycles. The number of anilines is 2. The molecule has 1 heterocycles. The maximum atomic E-state index is 11.7. The second-order valence-corrected chi connectivity index (χ2v) is 6.97. The highest BCUT2D eigenvalue weighted by atomic mass is 16.1. The van der Waals surface area contributed by atoms with Crippen molar-refractivity contribution >= 4 is 17.3 Å². The van der Waals surface area contributed by atoms with Crippen molar-refractivity contribution < 1.29 is 4.79 Å². The molecule has 3 rings (SSSR count). The Labute approximate surface area is 151 Å². The second kappa shape index (κ2) is 8.70. The summed E-state index contributed by atoms with van der Waals surface area (Å²) in [4.78, 5) is 14.1. The van der Waals surface area contributed by atoms with Gasteiger partial charge in [0.25, 0.3) is 0 Å². The Morgan fingerprint density at radius 1 is 1.04 bits per heavy atom. The van der Waals surface area contributed by atoms with Crippen LogP contribution in [0.4, 0.5) is 11.4 Å². The lowest BCUT2D eigenvalue weighted by Gasteiger charge is -2.33. The molecule has 0 atom stereocenters. The third kappa shape index (κ3) is 5.09. The molecule has 2 aromatic carbocycles. The van der Waals surface area contributed by atoms with Crippen LogP contribution in [0, 0.1) is 5.92 Å². The molecule has 1 fully saturated rings. The summed E-state index contributed by atoms with van der Waals surface area (Å²) in [6, 6.07) is 19.1. The Morgan fingerprint density at radius 3 is 2.36 bits per heavy atom. The van der Waals surface area contributed by atoms with E-state index in [1.54, 1.807) is 0 Å². The first-order chi connectivity index (χ1) is 12.2. The van der Waals surface area contributed by atoms with Crippen LogP contribution in [0.5, 0.6) is 0 Å². The minimum absolute atomic E-state index is 0.0944. The molecule has 0 aliphatic carbocycles. The molecule has 0 unspecified atom stereocenters. The van der Waals surface area contributed by atoms with E-state index in [2.05, 4.69) is 52.7 Å². The van der Waals surface area contributed by atoms with Gasteiger partial charge in [0.1, 0.15) is 0 Å². The number of piperidine rings is 1. The van der Waals surface area contributed by atoms with Crippen LogP contribution in [0.25, 0.3) is 0 Å². The molecule has 2 aromatic rings. The number of nitrogens with zero attached hydrogens (tertiary/aromatic N) is 1. The van der Waals surface area contributed by atoms with Crippen molar-refractivity contribution in [1.29, 1.82) is 0 Å². The smallest absolute Gasteiger partial charge is 0.224 e. The molecule has 3 heteroatoms. The number of hydrogen-bond acceptors (Lipinski definition) is 2. The molecule has 0 aromatic heterocycles. The SMILES string of the molecule is CCCC(=O)Nc1ccc(N2CCC(Cc3ccccc3)CC2)cc1. The molecule has 1 N–H and O–H groups in total. The molecular weight excluding hydrogens is 308 g/mol. The van der Waals surface area contributed by atoms with E-state index >= 15 is 0 Å². The molecule has 0 saturated carbocycles. The Morgan fingerprint density at radius 2 is 1.72 bits per heavy atom. The third-order valence-corrected chi connectivity index (χ3v) is 4.98. The van der Waals surface area contributed by atoms with Crippen LogP contribution in [-0.2, 0) is 11.2 Å². The summed E-state index contributed by atoms with van der Waals surface area (Å²) < 4.78 is 0. The summed E-state index contributed by atoms with van der Waals surface area (Å²) in [6.45, 7) is 4.24. The van der Waals surface area contributed by atoms with Crippen LogP contribution >= 0.6 is 0 Å². The fourth-order valence-electron chi connectivity index (χ4n) is 3.55. The molecule has 25 heavy (non-hydrogen) atoms. The van der Waals surface area contributed by atoms with Crippen molar-refractivity contribution in [1.82, 2.24) is 0 Å². The van der Waals surface area contributed by atoms with Gasteiger partial charge in [0.15, 0.2) is 0 Å². The normalized spacial score (nSPS) is 15.2. The van der Waals surface area contributed by atoms with Crippen molar-refractivity contribution in [3.05, 3.63) is 60.2 Å². The molecule has 0 radical (unpaired) electrons. The zero-order valence-electron chi connectivity index (χ0n) is 15.1. The summed E-state index contributed by atoms with van der Waals surface area (Å²) in [5.74, 6) is 0.878. The lowest BCUT2D eigenvalue weighted by Crippen LogP contribution is -2.34. The topological polar surface area (TPSA) is 32.3 Å². The van der Waals surface area contributed by atoms with Crippen LogP contribution in [-0.4, -0.2) is 19.0 Å². The van der Waals surface area contributed by atoms with Gasteiger partial charge in [-0.25, -0.2) is 0 Å². The van der Waals surface area contributed by atoms with E-state index in [1.807, 2.05) is 19.1 Å². The molecule has 0 bridgehead atoms. The molecule has 0 spiro atoms. The number of amides is 1. The molecule has 1 amide bonds. The highest BCUT2D eigenvalue weighted by molar-refractivity contribution is 5.90. The highest BCUT2D eigenvalue weighted by Crippen LogP contribution is 2.26. The van der Waals surface area contributed by atoms with E-state index in [-0.39, 0.29) is 5.91 Å². The Balaban J connectivity index is 1.50. The van der Waals surface area contributed by atoms with Gasteiger partial charge >= 0.3 is 0 Å². The van der Waals surface area contributed by atoms with E-state index in [4.69, 9.17) is 0 Å². The third-order valence-electron chi connectivity index (χ3n) is 4.98. The van der Waals surface area contributed by atoms with Gasteiger partial charge in [-0.2, -0.15) is 0 Å². The predicted molar refractivity (Wildman–Crippen MR) is 105 cm³/mol. The van der Waals surface area contributed by atoms with Crippen LogP contribution in [0.1, 0.15) is 38.2 Å². The van der Waals surface area contributed by atoms with Crippen LogP contribution in [0.15, 0.2) is 54.6 Å². The standard InChI is InChI=1S/C22H28N2O/c1-2-6-22(25)23-20-9-11-21(12-10-20)24-15-13-19(14-16-24)17-18-7-4-3-5-8-18/h3-5,7-12,19H,2,6,13-17H2,1H3,(H,23,25). The van der Waals surface area contributed by atoms with Crippen LogP contribution in [0.3, 0.4) is 0 Å². The number of carbonyl (C=O) groups excluding carboxylic acids is 1. The summed E-state index contributed by atoms with van der Waals surface area (Å²) in [5, 5.41) is 2.95. The largest absolute Gasteiger partial charge is 0.372 e. The van der Waals surface area contributed by atoms with Gasteiger partial charge in [-0.15, -0.1) is 0 Å². The molecule has 3 nitrogen and oxygen atoms in total. The minimum Gasteiger partial charge on any atom is -0.372 e. The van der Waals surface area contributed by atoms with E-state index in [0.717, 1.165) is 31.1 Å². The molecule has 1 aliphatic rings. The number of hydrogen-bond donors (Lipinski definition) is 1. The quantitative estimate of drug-likeness (QED) is 0.815. The summed E-state index contributed by atoms with van der Waals surface area (Å²) in [5.41, 5.74) is 3.60. The van der Waals surface area contributed by atoms with Crippen LogP contribution in [0.2, 0.25) is 0 Å². The van der Waals surface area contributed by atoms with Crippen molar-refractivity contribution in [2.45, 2.75) is 39.0 Å². The van der Waals surface area contributed by atoms with Gasteiger partial charge in [-0.3, -0.25) is 4.79 Å². The molecular formula is C22H28N2O. The lowest BCUT2D eigenvalue weighted by atomic mass is 9.90. The van der Waals surface area contributed by atoms with Gasteiger partial charge in [-0.1, -0.05) is 37.3 Å². The van der Waals surface area contributed by atoms with Crippen LogP contribution < -0.4 is 10.2 Å². The number of benzene rings is 2. The average molecular weight is 336 g/mol. The van der Waals surface area contributed by atoms with Gasteiger partial charge < -0.3 is 10.2 Å². The predicted octanol–water partition coefficient (Wildman–Crippen LogP) is 4.88. The first kappa shape index (κ1) is 17.5. The van der Waals surface area contributed by atoms with Gasteiger partial charge in [0.05, 0.1) is 0 Å². The number of carbonyl (C=O) groups is 1. The Hall–Kier alpha value is -2.29.